The van der Waals surface area contributed by atoms with E-state index in [0.717, 1.165) is 32.1 Å². The minimum Gasteiger partial charge on any atom is -0.391 e. The Bertz CT molecular complexity index is 841. The first-order valence-corrected chi connectivity index (χ1v) is 12.3. The average molecular weight is 449 g/mol. The topological polar surface area (TPSA) is 94.5 Å². The maximum absolute atomic E-state index is 13.9. The number of fused-ring (bicyclic) bond motifs is 5. The van der Waals surface area contributed by atoms with E-state index in [-0.39, 0.29) is 29.0 Å². The van der Waals surface area contributed by atoms with Gasteiger partial charge in [-0.05, 0) is 42.9 Å². The number of rotatable bonds is 2. The summed E-state index contributed by atoms with van der Waals surface area (Å²) in [6.07, 6.45) is 7.21. The highest BCUT2D eigenvalue weighted by atomic mass is 16.8. The Morgan fingerprint density at radius 2 is 1.69 bits per heavy atom. The Morgan fingerprint density at radius 1 is 1.00 bits per heavy atom. The molecule has 6 atom stereocenters. The third kappa shape index (κ3) is 2.50. The molecule has 0 aromatic rings. The highest BCUT2D eigenvalue weighted by Crippen LogP contribution is 2.69. The van der Waals surface area contributed by atoms with E-state index in [0.29, 0.717) is 39.3 Å². The van der Waals surface area contributed by atoms with Gasteiger partial charge in [-0.15, -0.1) is 0 Å². The van der Waals surface area contributed by atoms with Crippen LogP contribution in [0.2, 0.25) is 0 Å². The average Bonchev–Trinajstić information content (AvgIpc) is 3.49. The molecule has 0 radical (unpaired) electrons. The van der Waals surface area contributed by atoms with Crippen molar-refractivity contribution < 1.29 is 34.0 Å². The van der Waals surface area contributed by atoms with Crippen molar-refractivity contribution >= 4 is 5.78 Å². The van der Waals surface area contributed by atoms with Crippen molar-refractivity contribution in [2.24, 2.45) is 28.6 Å². The van der Waals surface area contributed by atoms with Gasteiger partial charge in [0.1, 0.15) is 18.0 Å². The molecule has 2 N–H and O–H groups in total. The van der Waals surface area contributed by atoms with Gasteiger partial charge in [0.05, 0.1) is 26.4 Å². The molecule has 0 amide bonds. The number of aliphatic hydroxyl groups excluding tert-OH is 1. The zero-order valence-corrected chi connectivity index (χ0v) is 19.2. The molecule has 7 heteroatoms. The lowest BCUT2D eigenvalue weighted by atomic mass is 9.46. The molecule has 1 spiro atoms. The molecule has 6 rings (SSSR count). The van der Waals surface area contributed by atoms with Gasteiger partial charge in [-0.2, -0.15) is 0 Å². The fourth-order valence-electron chi connectivity index (χ4n) is 8.72. The standard InChI is InChI=1S/C25H36O7/c1-21-7-8-23(29-9-10-30-23)13-16(21)3-4-17-18-5-6-24(28,25(15-26)31-11-12-32-25)22(18,2)14-19(27)20(17)21/h3,17-18,20,26,28H,4-15H2,1-2H3/t17-,18+,20+,21-,22+,24+/m0/s1. The normalized spacial score (nSPS) is 48.9. The number of carbonyl (C=O) groups excluding carboxylic acids is 1. The number of hydrogen-bond acceptors (Lipinski definition) is 7. The first kappa shape index (κ1) is 21.7. The first-order valence-electron chi connectivity index (χ1n) is 12.3. The molecule has 2 saturated heterocycles. The highest BCUT2D eigenvalue weighted by Gasteiger charge is 2.73. The summed E-state index contributed by atoms with van der Waals surface area (Å²) in [5.41, 5.74) is -0.944. The summed E-state index contributed by atoms with van der Waals surface area (Å²) in [5.74, 6) is -1.38. The van der Waals surface area contributed by atoms with E-state index in [9.17, 15) is 15.0 Å². The van der Waals surface area contributed by atoms with E-state index in [2.05, 4.69) is 13.0 Å². The van der Waals surface area contributed by atoms with E-state index in [1.807, 2.05) is 6.92 Å². The lowest BCUT2D eigenvalue weighted by Crippen LogP contribution is -2.67. The van der Waals surface area contributed by atoms with Crippen LogP contribution in [-0.4, -0.2) is 66.2 Å². The van der Waals surface area contributed by atoms with Gasteiger partial charge in [0, 0.05) is 30.6 Å². The Labute approximate surface area is 189 Å². The predicted molar refractivity (Wildman–Crippen MR) is 113 cm³/mol. The van der Waals surface area contributed by atoms with Crippen LogP contribution in [-0.2, 0) is 23.7 Å². The molecule has 0 aromatic carbocycles. The molecule has 178 valence electrons. The van der Waals surface area contributed by atoms with Gasteiger partial charge in [-0.1, -0.05) is 25.5 Å². The zero-order valence-electron chi connectivity index (χ0n) is 19.2. The Balaban J connectivity index is 1.36. The predicted octanol–water partition coefficient (Wildman–Crippen LogP) is 2.34. The number of hydrogen-bond donors (Lipinski definition) is 2. The second-order valence-electron chi connectivity index (χ2n) is 11.5. The van der Waals surface area contributed by atoms with E-state index in [4.69, 9.17) is 18.9 Å². The van der Waals surface area contributed by atoms with Crippen LogP contribution >= 0.6 is 0 Å². The van der Waals surface area contributed by atoms with E-state index in [1.54, 1.807) is 0 Å². The summed E-state index contributed by atoms with van der Waals surface area (Å²) in [5, 5.41) is 22.2. The molecule has 7 nitrogen and oxygen atoms in total. The van der Waals surface area contributed by atoms with Crippen molar-refractivity contribution in [1.82, 2.24) is 0 Å². The van der Waals surface area contributed by atoms with Crippen molar-refractivity contribution in [3.05, 3.63) is 11.6 Å². The van der Waals surface area contributed by atoms with Crippen LogP contribution in [0.25, 0.3) is 0 Å². The van der Waals surface area contributed by atoms with E-state index < -0.39 is 29.2 Å². The number of ketones is 1. The van der Waals surface area contributed by atoms with Crippen molar-refractivity contribution in [3.8, 4) is 0 Å². The lowest BCUT2D eigenvalue weighted by Gasteiger charge is -2.60. The first-order chi connectivity index (χ1) is 15.2. The highest BCUT2D eigenvalue weighted by molar-refractivity contribution is 5.85. The van der Waals surface area contributed by atoms with Crippen LogP contribution in [0.15, 0.2) is 11.6 Å². The van der Waals surface area contributed by atoms with Gasteiger partial charge in [-0.3, -0.25) is 4.79 Å². The largest absolute Gasteiger partial charge is 0.391 e. The molecule has 2 aliphatic heterocycles. The number of ether oxygens (including phenoxy) is 4. The molecule has 2 heterocycles. The van der Waals surface area contributed by atoms with Crippen molar-refractivity contribution in [2.75, 3.05) is 33.0 Å². The quantitative estimate of drug-likeness (QED) is 0.626. The van der Waals surface area contributed by atoms with Crippen LogP contribution in [0, 0.1) is 28.6 Å². The molecule has 4 aliphatic carbocycles. The SMILES string of the molecule is C[C@]12CCC3(CC1=CC[C@H]1[C@H]4CC[C@](O)(C5(CO)OCCO5)[C@]4(C)CC(=O)[C@@H]12)OCCO3. The molecule has 5 fully saturated rings. The fourth-order valence-corrected chi connectivity index (χ4v) is 8.72. The van der Waals surface area contributed by atoms with Crippen LogP contribution in [0.5, 0.6) is 0 Å². The minimum atomic E-state index is -1.43. The molecule has 3 saturated carbocycles. The van der Waals surface area contributed by atoms with Gasteiger partial charge in [-0.25, -0.2) is 0 Å². The minimum absolute atomic E-state index is 0.0443. The van der Waals surface area contributed by atoms with Gasteiger partial charge >= 0.3 is 0 Å². The number of allylic oxidation sites excluding steroid dienone is 1. The molecule has 0 aromatic heterocycles. The fraction of sp³-hybridized carbons (Fsp3) is 0.880. The number of carbonyl (C=O) groups is 1. The van der Waals surface area contributed by atoms with Crippen LogP contribution in [0.4, 0.5) is 0 Å². The lowest BCUT2D eigenvalue weighted by molar-refractivity contribution is -0.317. The maximum atomic E-state index is 13.9. The summed E-state index contributed by atoms with van der Waals surface area (Å²) in [6.45, 7) is 5.86. The molecular formula is C25H36O7. The smallest absolute Gasteiger partial charge is 0.222 e. The van der Waals surface area contributed by atoms with Crippen LogP contribution in [0.3, 0.4) is 0 Å². The third-order valence-electron chi connectivity index (χ3n) is 10.4. The second kappa shape index (κ2) is 6.86. The zero-order chi connectivity index (χ0) is 22.4. The van der Waals surface area contributed by atoms with Crippen LogP contribution < -0.4 is 0 Å². The number of aliphatic hydroxyl groups is 2. The summed E-state index contributed by atoms with van der Waals surface area (Å²) in [6, 6.07) is 0. The van der Waals surface area contributed by atoms with E-state index >= 15 is 0 Å². The summed E-state index contributed by atoms with van der Waals surface area (Å²) in [7, 11) is 0. The van der Waals surface area contributed by atoms with Gasteiger partial charge in [0.25, 0.3) is 0 Å². The van der Waals surface area contributed by atoms with E-state index in [1.165, 1.54) is 5.57 Å². The summed E-state index contributed by atoms with van der Waals surface area (Å²) in [4.78, 5) is 13.9. The Kier molecular flexibility index (Phi) is 4.65. The Morgan fingerprint density at radius 3 is 2.38 bits per heavy atom. The summed E-state index contributed by atoms with van der Waals surface area (Å²) >= 11 is 0. The third-order valence-corrected chi connectivity index (χ3v) is 10.4. The molecule has 32 heavy (non-hydrogen) atoms. The molecule has 0 bridgehead atoms. The Hall–Kier alpha value is -0.830. The second-order valence-corrected chi connectivity index (χ2v) is 11.5. The molecular weight excluding hydrogens is 412 g/mol. The van der Waals surface area contributed by atoms with Crippen LogP contribution in [0.1, 0.15) is 58.8 Å². The van der Waals surface area contributed by atoms with Crippen molar-refractivity contribution in [1.29, 1.82) is 0 Å². The van der Waals surface area contributed by atoms with Gasteiger partial charge in [0.15, 0.2) is 5.79 Å². The molecule has 6 aliphatic rings. The van der Waals surface area contributed by atoms with Crippen molar-refractivity contribution in [3.63, 3.8) is 0 Å². The summed E-state index contributed by atoms with van der Waals surface area (Å²) < 4.78 is 23.7. The van der Waals surface area contributed by atoms with Gasteiger partial charge < -0.3 is 29.2 Å². The van der Waals surface area contributed by atoms with Crippen molar-refractivity contribution in [2.45, 2.75) is 76.0 Å². The monoisotopic (exact) mass is 448 g/mol. The van der Waals surface area contributed by atoms with Gasteiger partial charge in [0.2, 0.25) is 5.79 Å². The maximum Gasteiger partial charge on any atom is 0.222 e. The number of Topliss-reactive ketones (excluding diaryl/α,β-unsaturated/α-hetero) is 1. The molecule has 0 unspecified atom stereocenters.